The number of aromatic nitrogens is 1. The van der Waals surface area contributed by atoms with Crippen LogP contribution in [0.1, 0.15) is 24.0 Å². The van der Waals surface area contributed by atoms with Crippen molar-refractivity contribution in [1.29, 1.82) is 0 Å². The van der Waals surface area contributed by atoms with Gasteiger partial charge >= 0.3 is 0 Å². The molecule has 0 spiro atoms. The highest BCUT2D eigenvalue weighted by atomic mass is 35.5. The van der Waals surface area contributed by atoms with Gasteiger partial charge in [0.15, 0.2) is 0 Å². The van der Waals surface area contributed by atoms with Crippen LogP contribution in [-0.4, -0.2) is 17.4 Å². The van der Waals surface area contributed by atoms with Gasteiger partial charge in [0.1, 0.15) is 5.82 Å². The van der Waals surface area contributed by atoms with E-state index in [1.165, 1.54) is 12.1 Å². The Labute approximate surface area is 150 Å². The average molecular weight is 357 g/mol. The van der Waals surface area contributed by atoms with E-state index in [0.29, 0.717) is 11.6 Å². The highest BCUT2D eigenvalue weighted by molar-refractivity contribution is 6.30. The second kappa shape index (κ2) is 6.19. The van der Waals surface area contributed by atoms with E-state index in [1.807, 2.05) is 30.5 Å². The first-order valence-corrected chi connectivity index (χ1v) is 8.76. The number of fused-ring (bicyclic) bond motifs is 1. The number of halogens is 2. The molecular weight excluding hydrogens is 339 g/mol. The summed E-state index contributed by atoms with van der Waals surface area (Å²) in [5.41, 5.74) is 2.36. The van der Waals surface area contributed by atoms with Gasteiger partial charge in [0.05, 0.1) is 5.41 Å². The molecule has 1 heterocycles. The molecule has 0 saturated heterocycles. The lowest BCUT2D eigenvalue weighted by molar-refractivity contribution is -0.123. The van der Waals surface area contributed by atoms with Crippen LogP contribution in [0, 0.1) is 5.82 Å². The summed E-state index contributed by atoms with van der Waals surface area (Å²) in [7, 11) is 0. The van der Waals surface area contributed by atoms with E-state index in [4.69, 9.17) is 11.6 Å². The summed E-state index contributed by atoms with van der Waals surface area (Å²) in [5, 5.41) is 4.68. The van der Waals surface area contributed by atoms with Gasteiger partial charge < -0.3 is 10.3 Å². The highest BCUT2D eigenvalue weighted by Gasteiger charge is 2.52. The lowest BCUT2D eigenvalue weighted by Gasteiger charge is -2.15. The Morgan fingerprint density at radius 3 is 2.68 bits per heavy atom. The third-order valence-electron chi connectivity index (χ3n) is 4.96. The molecule has 1 aliphatic rings. The molecule has 5 heteroatoms. The second-order valence-corrected chi connectivity index (χ2v) is 7.04. The Morgan fingerprint density at radius 1 is 1.20 bits per heavy atom. The lowest BCUT2D eigenvalue weighted by atomic mass is 9.94. The molecule has 25 heavy (non-hydrogen) atoms. The number of H-pyrrole nitrogens is 1. The molecule has 4 rings (SSSR count). The van der Waals surface area contributed by atoms with Crippen molar-refractivity contribution in [2.45, 2.75) is 24.7 Å². The number of hydrogen-bond donors (Lipinski definition) is 2. The summed E-state index contributed by atoms with van der Waals surface area (Å²) in [4.78, 5) is 15.8. The molecule has 3 aromatic rings. The second-order valence-electron chi connectivity index (χ2n) is 6.61. The zero-order valence-electron chi connectivity index (χ0n) is 13.6. The smallest absolute Gasteiger partial charge is 0.230 e. The molecular formula is C20H18ClFN2O. The van der Waals surface area contributed by atoms with Gasteiger partial charge in [-0.2, -0.15) is 0 Å². The molecule has 2 N–H and O–H groups in total. The zero-order chi connectivity index (χ0) is 17.4. The van der Waals surface area contributed by atoms with E-state index >= 15 is 0 Å². The third kappa shape index (κ3) is 3.02. The van der Waals surface area contributed by atoms with Crippen molar-refractivity contribution in [2.75, 3.05) is 6.54 Å². The molecule has 0 radical (unpaired) electrons. The maximum atomic E-state index is 13.4. The Bertz CT molecular complexity index is 929. The Hall–Kier alpha value is -2.33. The summed E-state index contributed by atoms with van der Waals surface area (Å²) in [6.07, 6.45) is 4.25. The molecule has 0 aliphatic heterocycles. The topological polar surface area (TPSA) is 44.9 Å². The standard InChI is InChI=1S/C20H18ClFN2O/c21-14-3-1-13(2-4-14)7-10-23-19(25)20(8-9-20)17-12-24-18-11-15(22)5-6-16(17)18/h1-6,11-12,24H,7-10H2,(H,23,25). The molecule has 0 atom stereocenters. The van der Waals surface area contributed by atoms with Gasteiger partial charge in [-0.3, -0.25) is 4.79 Å². The maximum Gasteiger partial charge on any atom is 0.230 e. The van der Waals surface area contributed by atoms with Crippen LogP contribution in [-0.2, 0) is 16.6 Å². The Morgan fingerprint density at radius 2 is 1.96 bits per heavy atom. The van der Waals surface area contributed by atoms with Gasteiger partial charge in [0, 0.05) is 28.7 Å². The van der Waals surface area contributed by atoms with Crippen molar-refractivity contribution in [3.63, 3.8) is 0 Å². The predicted octanol–water partition coefficient (Wildman–Crippen LogP) is 4.35. The van der Waals surface area contributed by atoms with Gasteiger partial charge in [0.25, 0.3) is 0 Å². The predicted molar refractivity (Wildman–Crippen MR) is 97.3 cm³/mol. The minimum Gasteiger partial charge on any atom is -0.361 e. The summed E-state index contributed by atoms with van der Waals surface area (Å²) < 4.78 is 13.4. The molecule has 1 amide bonds. The number of nitrogens with one attached hydrogen (secondary N) is 2. The normalized spacial score (nSPS) is 15.3. The maximum absolute atomic E-state index is 13.4. The number of amides is 1. The van der Waals surface area contributed by atoms with E-state index in [2.05, 4.69) is 10.3 Å². The van der Waals surface area contributed by atoms with E-state index in [1.54, 1.807) is 6.07 Å². The van der Waals surface area contributed by atoms with Gasteiger partial charge in [-0.15, -0.1) is 0 Å². The summed E-state index contributed by atoms with van der Waals surface area (Å²) in [6, 6.07) is 12.3. The first kappa shape index (κ1) is 16.2. The van der Waals surface area contributed by atoms with E-state index in [-0.39, 0.29) is 11.7 Å². The molecule has 0 unspecified atom stereocenters. The van der Waals surface area contributed by atoms with Crippen LogP contribution >= 0.6 is 11.6 Å². The van der Waals surface area contributed by atoms with Gasteiger partial charge in [0.2, 0.25) is 5.91 Å². The zero-order valence-corrected chi connectivity index (χ0v) is 14.4. The minimum atomic E-state index is -0.476. The molecule has 128 valence electrons. The number of hydrogen-bond acceptors (Lipinski definition) is 1. The summed E-state index contributed by atoms with van der Waals surface area (Å²) in [5.74, 6) is -0.232. The Kier molecular flexibility index (Phi) is 4.00. The van der Waals surface area contributed by atoms with Crippen molar-refractivity contribution in [3.8, 4) is 0 Å². The first-order chi connectivity index (χ1) is 12.1. The lowest BCUT2D eigenvalue weighted by Crippen LogP contribution is -2.35. The quantitative estimate of drug-likeness (QED) is 0.701. The van der Waals surface area contributed by atoms with E-state index in [9.17, 15) is 9.18 Å². The monoisotopic (exact) mass is 356 g/mol. The molecule has 1 aromatic heterocycles. The van der Waals surface area contributed by atoms with E-state index < -0.39 is 5.41 Å². The van der Waals surface area contributed by atoms with Crippen molar-refractivity contribution in [1.82, 2.24) is 10.3 Å². The fraction of sp³-hybridized carbons (Fsp3) is 0.250. The molecule has 0 bridgehead atoms. The molecule has 1 aliphatic carbocycles. The number of rotatable bonds is 5. The van der Waals surface area contributed by atoms with E-state index in [0.717, 1.165) is 41.3 Å². The van der Waals surface area contributed by atoms with Crippen LogP contribution in [0.15, 0.2) is 48.7 Å². The van der Waals surface area contributed by atoms with Gasteiger partial charge in [-0.25, -0.2) is 4.39 Å². The van der Waals surface area contributed by atoms with Crippen molar-refractivity contribution in [3.05, 3.63) is 70.6 Å². The van der Waals surface area contributed by atoms with Crippen molar-refractivity contribution >= 4 is 28.4 Å². The molecule has 3 nitrogen and oxygen atoms in total. The number of benzene rings is 2. The minimum absolute atomic E-state index is 0.0479. The van der Waals surface area contributed by atoms with Crippen LogP contribution in [0.2, 0.25) is 5.02 Å². The van der Waals surface area contributed by atoms with Crippen molar-refractivity contribution in [2.24, 2.45) is 0 Å². The van der Waals surface area contributed by atoms with Crippen LogP contribution in [0.25, 0.3) is 10.9 Å². The van der Waals surface area contributed by atoms with Crippen LogP contribution in [0.3, 0.4) is 0 Å². The SMILES string of the molecule is O=C(NCCc1ccc(Cl)cc1)C1(c2c[nH]c3cc(F)ccc23)CC1. The van der Waals surface area contributed by atoms with Gasteiger partial charge in [-0.1, -0.05) is 23.7 Å². The number of carbonyl (C=O) groups excluding carboxylic acids is 1. The third-order valence-corrected chi connectivity index (χ3v) is 5.21. The Balaban J connectivity index is 1.46. The fourth-order valence-corrected chi connectivity index (χ4v) is 3.50. The summed E-state index contributed by atoms with van der Waals surface area (Å²) in [6.45, 7) is 0.583. The number of aromatic amines is 1. The molecule has 1 fully saturated rings. The fourth-order valence-electron chi connectivity index (χ4n) is 3.38. The van der Waals surface area contributed by atoms with Crippen LogP contribution in [0.4, 0.5) is 4.39 Å². The first-order valence-electron chi connectivity index (χ1n) is 8.38. The number of carbonyl (C=O) groups is 1. The average Bonchev–Trinajstić information content (AvgIpc) is 3.31. The molecule has 2 aromatic carbocycles. The molecule has 1 saturated carbocycles. The largest absolute Gasteiger partial charge is 0.361 e. The highest BCUT2D eigenvalue weighted by Crippen LogP contribution is 2.50. The summed E-state index contributed by atoms with van der Waals surface area (Å²) >= 11 is 5.88. The van der Waals surface area contributed by atoms with Crippen LogP contribution < -0.4 is 5.32 Å². The van der Waals surface area contributed by atoms with Crippen LogP contribution in [0.5, 0.6) is 0 Å². The van der Waals surface area contributed by atoms with Gasteiger partial charge in [-0.05, 0) is 60.7 Å². The van der Waals surface area contributed by atoms with Crippen molar-refractivity contribution < 1.29 is 9.18 Å².